The molecule has 0 saturated heterocycles. The molecule has 0 atom stereocenters. The smallest absolute Gasteiger partial charge is 0.308 e. The molecule has 1 rings (SSSR count). The predicted molar refractivity (Wildman–Crippen MR) is 54.0 cm³/mol. The van der Waals surface area contributed by atoms with E-state index in [1.807, 2.05) is 0 Å². The predicted octanol–water partition coefficient (Wildman–Crippen LogP) is 2.53. The molecule has 0 spiro atoms. The van der Waals surface area contributed by atoms with Gasteiger partial charge < -0.3 is 9.84 Å². The minimum Gasteiger partial charge on any atom is -0.508 e. The summed E-state index contributed by atoms with van der Waals surface area (Å²) in [7, 11) is 0. The molecule has 0 saturated carbocycles. The lowest BCUT2D eigenvalue weighted by atomic mass is 10.2. The zero-order valence-electron chi connectivity index (χ0n) is 8.15. The summed E-state index contributed by atoms with van der Waals surface area (Å²) in [6.45, 7) is 3.09. The van der Waals surface area contributed by atoms with Gasteiger partial charge in [0.1, 0.15) is 11.5 Å². The van der Waals surface area contributed by atoms with Crippen LogP contribution in [0.4, 0.5) is 0 Å². The van der Waals surface area contributed by atoms with Gasteiger partial charge in [0.25, 0.3) is 0 Å². The Morgan fingerprint density at radius 2 is 1.93 bits per heavy atom. The topological polar surface area (TPSA) is 46.5 Å². The van der Waals surface area contributed by atoms with E-state index in [9.17, 15) is 9.90 Å². The van der Waals surface area contributed by atoms with Gasteiger partial charge >= 0.3 is 5.97 Å². The highest BCUT2D eigenvalue weighted by atomic mass is 16.5. The first-order valence-corrected chi connectivity index (χ1v) is 4.27. The Kier molecular flexibility index (Phi) is 3.29. The molecule has 0 aliphatic heterocycles. The second-order valence-corrected chi connectivity index (χ2v) is 2.79. The molecule has 74 valence electrons. The molecule has 0 aliphatic rings. The van der Waals surface area contributed by atoms with E-state index in [2.05, 4.69) is 0 Å². The van der Waals surface area contributed by atoms with Gasteiger partial charge in [0.2, 0.25) is 0 Å². The summed E-state index contributed by atoms with van der Waals surface area (Å²) in [6.07, 6.45) is 1.60. The van der Waals surface area contributed by atoms with Crippen LogP contribution in [-0.2, 0) is 4.79 Å². The lowest BCUT2D eigenvalue weighted by Gasteiger charge is -2.02. The molecule has 1 aromatic rings. The van der Waals surface area contributed by atoms with Crippen molar-refractivity contribution in [3.63, 3.8) is 0 Å². The van der Waals surface area contributed by atoms with Crippen LogP contribution in [0.25, 0.3) is 5.76 Å². The second kappa shape index (κ2) is 4.46. The molecule has 0 heterocycles. The molecule has 0 amide bonds. The third-order valence-corrected chi connectivity index (χ3v) is 1.69. The highest BCUT2D eigenvalue weighted by molar-refractivity contribution is 5.69. The SMILES string of the molecule is CC=C(O)c1ccc(OC(C)=O)cc1. The van der Waals surface area contributed by atoms with E-state index in [-0.39, 0.29) is 11.7 Å². The van der Waals surface area contributed by atoms with Crippen LogP contribution in [0.2, 0.25) is 0 Å². The number of carbonyl (C=O) groups excluding carboxylic acids is 1. The summed E-state index contributed by atoms with van der Waals surface area (Å²) in [5.74, 6) is 0.331. The van der Waals surface area contributed by atoms with Gasteiger partial charge in [-0.15, -0.1) is 0 Å². The fourth-order valence-electron chi connectivity index (χ4n) is 1.03. The van der Waals surface area contributed by atoms with Gasteiger partial charge in [0, 0.05) is 12.5 Å². The van der Waals surface area contributed by atoms with Gasteiger partial charge in [-0.1, -0.05) is 0 Å². The van der Waals surface area contributed by atoms with Crippen molar-refractivity contribution in [3.05, 3.63) is 35.9 Å². The molecule has 0 aliphatic carbocycles. The third kappa shape index (κ3) is 2.62. The highest BCUT2D eigenvalue weighted by Gasteiger charge is 2.00. The maximum atomic E-state index is 10.6. The minimum absolute atomic E-state index is 0.208. The van der Waals surface area contributed by atoms with Crippen LogP contribution in [0.1, 0.15) is 19.4 Å². The van der Waals surface area contributed by atoms with E-state index in [0.29, 0.717) is 11.3 Å². The van der Waals surface area contributed by atoms with Crippen molar-refractivity contribution in [1.82, 2.24) is 0 Å². The van der Waals surface area contributed by atoms with Crippen LogP contribution in [0.15, 0.2) is 30.3 Å². The summed E-state index contributed by atoms with van der Waals surface area (Å²) < 4.78 is 4.84. The molecule has 14 heavy (non-hydrogen) atoms. The zero-order chi connectivity index (χ0) is 10.6. The first-order valence-electron chi connectivity index (χ1n) is 4.27. The summed E-state index contributed by atoms with van der Waals surface area (Å²) >= 11 is 0. The maximum absolute atomic E-state index is 10.6. The summed E-state index contributed by atoms with van der Waals surface area (Å²) in [5.41, 5.74) is 0.698. The maximum Gasteiger partial charge on any atom is 0.308 e. The lowest BCUT2D eigenvalue weighted by molar-refractivity contribution is -0.131. The Bertz CT molecular complexity index is 349. The molecular weight excluding hydrogens is 180 g/mol. The Balaban J connectivity index is 2.83. The van der Waals surface area contributed by atoms with E-state index in [4.69, 9.17) is 4.74 Å². The van der Waals surface area contributed by atoms with Gasteiger partial charge in [-0.05, 0) is 37.3 Å². The molecule has 3 heteroatoms. The van der Waals surface area contributed by atoms with E-state index in [1.54, 1.807) is 37.3 Å². The Labute approximate surface area is 82.6 Å². The highest BCUT2D eigenvalue weighted by Crippen LogP contribution is 2.16. The fourth-order valence-corrected chi connectivity index (χ4v) is 1.03. The number of aliphatic hydroxyl groups excluding tert-OH is 1. The Morgan fingerprint density at radius 3 is 2.36 bits per heavy atom. The van der Waals surface area contributed by atoms with Crippen LogP contribution in [0.3, 0.4) is 0 Å². The number of ether oxygens (including phenoxy) is 1. The average Bonchev–Trinajstić information content (AvgIpc) is 2.17. The van der Waals surface area contributed by atoms with Crippen LogP contribution >= 0.6 is 0 Å². The molecular formula is C11H12O3. The first kappa shape index (κ1) is 10.3. The van der Waals surface area contributed by atoms with Crippen molar-refractivity contribution in [3.8, 4) is 5.75 Å². The van der Waals surface area contributed by atoms with E-state index < -0.39 is 0 Å². The zero-order valence-corrected chi connectivity index (χ0v) is 8.15. The quantitative estimate of drug-likeness (QED) is 0.445. The van der Waals surface area contributed by atoms with E-state index in [0.717, 1.165) is 0 Å². The van der Waals surface area contributed by atoms with Crippen LogP contribution in [-0.4, -0.2) is 11.1 Å². The number of rotatable bonds is 2. The number of allylic oxidation sites excluding steroid dienone is 1. The van der Waals surface area contributed by atoms with E-state index in [1.165, 1.54) is 6.92 Å². The number of carbonyl (C=O) groups is 1. The molecule has 0 radical (unpaired) electrons. The molecule has 0 aromatic heterocycles. The Morgan fingerprint density at radius 1 is 1.36 bits per heavy atom. The van der Waals surface area contributed by atoms with Gasteiger partial charge in [0.05, 0.1) is 0 Å². The van der Waals surface area contributed by atoms with Gasteiger partial charge in [0.15, 0.2) is 0 Å². The molecule has 1 aromatic carbocycles. The molecule has 0 bridgehead atoms. The summed E-state index contributed by atoms with van der Waals surface area (Å²) in [6, 6.07) is 6.65. The van der Waals surface area contributed by atoms with Crippen molar-refractivity contribution in [2.75, 3.05) is 0 Å². The number of aliphatic hydroxyl groups is 1. The first-order chi connectivity index (χ1) is 6.63. The lowest BCUT2D eigenvalue weighted by Crippen LogP contribution is -2.00. The monoisotopic (exact) mass is 192 g/mol. The largest absolute Gasteiger partial charge is 0.508 e. The van der Waals surface area contributed by atoms with Crippen LogP contribution in [0.5, 0.6) is 5.75 Å². The van der Waals surface area contributed by atoms with Gasteiger partial charge in [-0.2, -0.15) is 0 Å². The van der Waals surface area contributed by atoms with Crippen LogP contribution < -0.4 is 4.74 Å². The van der Waals surface area contributed by atoms with E-state index >= 15 is 0 Å². The van der Waals surface area contributed by atoms with Gasteiger partial charge in [-0.25, -0.2) is 0 Å². The molecule has 1 N–H and O–H groups in total. The van der Waals surface area contributed by atoms with Crippen molar-refractivity contribution in [2.45, 2.75) is 13.8 Å². The Hall–Kier alpha value is -1.77. The standard InChI is InChI=1S/C11H12O3/c1-3-11(13)9-4-6-10(7-5-9)14-8(2)12/h3-7,13H,1-2H3. The summed E-state index contributed by atoms with van der Waals surface area (Å²) in [4.78, 5) is 10.6. The normalized spacial score (nSPS) is 11.1. The van der Waals surface area contributed by atoms with Crippen molar-refractivity contribution in [2.24, 2.45) is 0 Å². The van der Waals surface area contributed by atoms with Gasteiger partial charge in [-0.3, -0.25) is 4.79 Å². The molecule has 0 fully saturated rings. The minimum atomic E-state index is -0.354. The third-order valence-electron chi connectivity index (χ3n) is 1.69. The molecule has 3 nitrogen and oxygen atoms in total. The summed E-state index contributed by atoms with van der Waals surface area (Å²) in [5, 5.41) is 9.36. The van der Waals surface area contributed by atoms with Crippen molar-refractivity contribution < 1.29 is 14.6 Å². The average molecular weight is 192 g/mol. The number of hydrogen-bond donors (Lipinski definition) is 1. The van der Waals surface area contributed by atoms with Crippen LogP contribution in [0, 0.1) is 0 Å². The number of benzene rings is 1. The fraction of sp³-hybridized carbons (Fsp3) is 0.182. The van der Waals surface area contributed by atoms with Crippen molar-refractivity contribution in [1.29, 1.82) is 0 Å². The second-order valence-electron chi connectivity index (χ2n) is 2.79. The molecule has 0 unspecified atom stereocenters. The number of hydrogen-bond acceptors (Lipinski definition) is 3. The number of esters is 1. The van der Waals surface area contributed by atoms with Crippen molar-refractivity contribution >= 4 is 11.7 Å².